The van der Waals surface area contributed by atoms with E-state index in [1.165, 1.54) is 13.2 Å². The van der Waals surface area contributed by atoms with Gasteiger partial charge in [0.1, 0.15) is 0 Å². The zero-order valence-corrected chi connectivity index (χ0v) is 22.3. The Bertz CT molecular complexity index is 1410. The molecule has 5 aliphatic rings. The molecule has 1 aliphatic heterocycles. The summed E-state index contributed by atoms with van der Waals surface area (Å²) in [6.45, 7) is 1.66. The lowest BCUT2D eigenvalue weighted by Gasteiger charge is -2.41. The normalized spacial score (nSPS) is 29.3. The number of Topliss-reactive ketones (excluding diaryl/α,β-unsaturated/α-hetero) is 1. The van der Waals surface area contributed by atoms with Crippen LogP contribution in [0.1, 0.15) is 57.4 Å². The summed E-state index contributed by atoms with van der Waals surface area (Å²) in [7, 11) is 1.48. The molecule has 1 saturated carbocycles. The first-order chi connectivity index (χ1) is 18.8. The number of rotatable bonds is 4. The number of aromatic hydroxyl groups is 1. The molecule has 1 aromatic rings. The molecule has 0 spiro atoms. The average molecular weight is 528 g/mol. The van der Waals surface area contributed by atoms with Gasteiger partial charge < -0.3 is 9.84 Å². The standard InChI is InChI=1S/C32H33NO6/c1-17-14-26(35)24-16-23-20(11-12-22-29(23)32(38)33(31(22)37)19-6-4-3-5-7-19)21(28(24)30(17)36)10-8-18-9-13-25(34)27(15-18)39-2/h8-11,13-15,19,21-23,29,34H,3-7,12,16H2,1-2H3. The molecule has 7 nitrogen and oxygen atoms in total. The maximum atomic E-state index is 13.9. The number of hydrogen-bond acceptors (Lipinski definition) is 6. The number of nitrogens with zero attached hydrogens (tertiary/aromatic N) is 1. The van der Waals surface area contributed by atoms with Crippen molar-refractivity contribution in [3.05, 3.63) is 64.3 Å². The van der Waals surface area contributed by atoms with E-state index in [0.717, 1.165) is 43.2 Å². The fraction of sp³-hybridized carbons (Fsp3) is 0.438. The van der Waals surface area contributed by atoms with Gasteiger partial charge in [-0.1, -0.05) is 49.1 Å². The third-order valence-corrected chi connectivity index (χ3v) is 9.27. The van der Waals surface area contributed by atoms with Crippen LogP contribution >= 0.6 is 0 Å². The first kappa shape index (κ1) is 25.5. The molecule has 2 amide bonds. The second-order valence-electron chi connectivity index (χ2n) is 11.4. The van der Waals surface area contributed by atoms with Crippen molar-refractivity contribution in [1.29, 1.82) is 0 Å². The molecule has 4 atom stereocenters. The summed E-state index contributed by atoms with van der Waals surface area (Å²) < 4.78 is 5.24. The number of amides is 2. The molecule has 1 heterocycles. The van der Waals surface area contributed by atoms with E-state index in [9.17, 15) is 24.3 Å². The van der Waals surface area contributed by atoms with Crippen molar-refractivity contribution < 1.29 is 29.0 Å². The predicted molar refractivity (Wildman–Crippen MR) is 144 cm³/mol. The van der Waals surface area contributed by atoms with Crippen LogP contribution in [0, 0.1) is 23.7 Å². The van der Waals surface area contributed by atoms with E-state index in [0.29, 0.717) is 35.3 Å². The summed E-state index contributed by atoms with van der Waals surface area (Å²) in [6, 6.07) is 4.96. The molecule has 4 aliphatic carbocycles. The van der Waals surface area contributed by atoms with Gasteiger partial charge in [0.05, 0.1) is 18.9 Å². The first-order valence-corrected chi connectivity index (χ1v) is 13.9. The average Bonchev–Trinajstić information content (AvgIpc) is 3.20. The number of carbonyl (C=O) groups excluding carboxylic acids is 4. The molecule has 202 valence electrons. The Morgan fingerprint density at radius 1 is 1.03 bits per heavy atom. The van der Waals surface area contributed by atoms with Crippen molar-refractivity contribution >= 4 is 29.5 Å². The highest BCUT2D eigenvalue weighted by molar-refractivity contribution is 6.23. The van der Waals surface area contributed by atoms with Crippen LogP contribution in [0.15, 0.2) is 58.7 Å². The highest BCUT2D eigenvalue weighted by Gasteiger charge is 2.57. The third kappa shape index (κ3) is 4.10. The van der Waals surface area contributed by atoms with Crippen molar-refractivity contribution in [2.24, 2.45) is 23.7 Å². The number of methoxy groups -OCH3 is 1. The maximum absolute atomic E-state index is 13.9. The monoisotopic (exact) mass is 527 g/mol. The van der Waals surface area contributed by atoms with Gasteiger partial charge in [-0.05, 0) is 62.3 Å². The first-order valence-electron chi connectivity index (χ1n) is 13.9. The van der Waals surface area contributed by atoms with Gasteiger partial charge >= 0.3 is 0 Å². The molecule has 7 heteroatoms. The molecule has 0 radical (unpaired) electrons. The lowest BCUT2D eigenvalue weighted by molar-refractivity contribution is -0.143. The van der Waals surface area contributed by atoms with E-state index in [1.807, 2.05) is 18.2 Å². The number of hydrogen-bond donors (Lipinski definition) is 1. The number of phenols is 1. The highest BCUT2D eigenvalue weighted by atomic mass is 16.5. The van der Waals surface area contributed by atoms with Gasteiger partial charge in [0, 0.05) is 28.7 Å². The van der Waals surface area contributed by atoms with Crippen LogP contribution in [-0.2, 0) is 19.2 Å². The van der Waals surface area contributed by atoms with Gasteiger partial charge in [0.25, 0.3) is 0 Å². The van der Waals surface area contributed by atoms with Crippen molar-refractivity contribution in [2.45, 2.75) is 57.9 Å². The smallest absolute Gasteiger partial charge is 0.233 e. The fourth-order valence-electron chi connectivity index (χ4n) is 7.37. The number of benzene rings is 1. The van der Waals surface area contributed by atoms with Gasteiger partial charge in [-0.2, -0.15) is 0 Å². The summed E-state index contributed by atoms with van der Waals surface area (Å²) in [5.41, 5.74) is 3.05. The molecule has 39 heavy (non-hydrogen) atoms. The zero-order chi connectivity index (χ0) is 27.4. The number of ether oxygens (including phenoxy) is 1. The van der Waals surface area contributed by atoms with E-state index in [-0.39, 0.29) is 41.1 Å². The Labute approximate surface area is 227 Å². The number of carbonyl (C=O) groups is 4. The summed E-state index contributed by atoms with van der Waals surface area (Å²) in [5.74, 6) is -1.86. The molecule has 6 rings (SSSR count). The van der Waals surface area contributed by atoms with Crippen LogP contribution in [0.5, 0.6) is 11.5 Å². The number of imide groups is 1. The number of ketones is 2. The van der Waals surface area contributed by atoms with Gasteiger partial charge in [-0.25, -0.2) is 0 Å². The molecule has 2 fully saturated rings. The molecule has 1 saturated heterocycles. The molecule has 1 N–H and O–H groups in total. The van der Waals surface area contributed by atoms with Gasteiger partial charge in [0.2, 0.25) is 11.8 Å². The van der Waals surface area contributed by atoms with Crippen molar-refractivity contribution in [2.75, 3.05) is 7.11 Å². The van der Waals surface area contributed by atoms with E-state index >= 15 is 0 Å². The highest BCUT2D eigenvalue weighted by Crippen LogP contribution is 2.53. The van der Waals surface area contributed by atoms with E-state index < -0.39 is 17.8 Å². The largest absolute Gasteiger partial charge is 0.504 e. The lowest BCUT2D eigenvalue weighted by Crippen LogP contribution is -2.43. The maximum Gasteiger partial charge on any atom is 0.233 e. The fourth-order valence-corrected chi connectivity index (χ4v) is 7.37. The minimum absolute atomic E-state index is 0.0270. The van der Waals surface area contributed by atoms with E-state index in [1.54, 1.807) is 30.0 Å². The molecule has 1 aromatic carbocycles. The molecule has 0 bridgehead atoms. The van der Waals surface area contributed by atoms with Gasteiger partial charge in [-0.15, -0.1) is 0 Å². The molecular weight excluding hydrogens is 494 g/mol. The number of likely N-dealkylation sites (tertiary alicyclic amines) is 1. The van der Waals surface area contributed by atoms with Gasteiger partial charge in [-0.3, -0.25) is 24.1 Å². The Balaban J connectivity index is 1.40. The van der Waals surface area contributed by atoms with E-state index in [4.69, 9.17) is 4.74 Å². The minimum Gasteiger partial charge on any atom is -0.504 e. The second-order valence-corrected chi connectivity index (χ2v) is 11.4. The molecule has 0 aromatic heterocycles. The Morgan fingerprint density at radius 2 is 1.79 bits per heavy atom. The quantitative estimate of drug-likeness (QED) is 0.346. The van der Waals surface area contributed by atoms with Crippen LogP contribution in [0.2, 0.25) is 0 Å². The predicted octanol–water partition coefficient (Wildman–Crippen LogP) is 4.71. The van der Waals surface area contributed by atoms with Crippen LogP contribution in [-0.4, -0.2) is 46.5 Å². The van der Waals surface area contributed by atoms with Crippen molar-refractivity contribution in [1.82, 2.24) is 4.90 Å². The zero-order valence-electron chi connectivity index (χ0n) is 22.3. The van der Waals surface area contributed by atoms with E-state index in [2.05, 4.69) is 0 Å². The van der Waals surface area contributed by atoms with Crippen molar-refractivity contribution in [3.8, 4) is 11.5 Å². The summed E-state index contributed by atoms with van der Waals surface area (Å²) in [5, 5.41) is 9.99. The molecule has 4 unspecified atom stereocenters. The second kappa shape index (κ2) is 9.78. The summed E-state index contributed by atoms with van der Waals surface area (Å²) in [6.07, 6.45) is 12.9. The topological polar surface area (TPSA) is 101 Å². The SMILES string of the molecule is COc1cc(C=CC2C3=CCC4C(=O)N(C5CCCCC5)C(=O)C4C3CC3=C2C(=O)C(C)=CC3=O)ccc1O. The third-order valence-electron chi connectivity index (χ3n) is 9.27. The summed E-state index contributed by atoms with van der Waals surface area (Å²) >= 11 is 0. The summed E-state index contributed by atoms with van der Waals surface area (Å²) in [4.78, 5) is 55.6. The minimum atomic E-state index is -0.506. The number of phenolic OH excluding ortho intramolecular Hbond substituents is 1. The van der Waals surface area contributed by atoms with Crippen LogP contribution in [0.3, 0.4) is 0 Å². The Morgan fingerprint density at radius 3 is 2.54 bits per heavy atom. The van der Waals surface area contributed by atoms with Crippen molar-refractivity contribution in [3.63, 3.8) is 0 Å². The van der Waals surface area contributed by atoms with Crippen LogP contribution < -0.4 is 4.74 Å². The van der Waals surface area contributed by atoms with Crippen LogP contribution in [0.4, 0.5) is 0 Å². The number of fused-ring (bicyclic) bond motifs is 3. The number of allylic oxidation sites excluding steroid dienone is 7. The van der Waals surface area contributed by atoms with Gasteiger partial charge in [0.15, 0.2) is 23.1 Å². The lowest BCUT2D eigenvalue weighted by atomic mass is 9.60. The van der Waals surface area contributed by atoms with Crippen LogP contribution in [0.25, 0.3) is 6.08 Å². The Kier molecular flexibility index (Phi) is 6.40. The Hall–Kier alpha value is -3.74. The molecular formula is C32H33NO6.